The van der Waals surface area contributed by atoms with E-state index in [1.54, 1.807) is 19.1 Å². The zero-order chi connectivity index (χ0) is 9.35. The van der Waals surface area contributed by atoms with Gasteiger partial charge in [-0.1, -0.05) is 0 Å². The van der Waals surface area contributed by atoms with Crippen molar-refractivity contribution in [1.82, 2.24) is 4.98 Å². The van der Waals surface area contributed by atoms with Crippen LogP contribution in [0.5, 0.6) is 0 Å². The number of hydrogen-bond donors (Lipinski definition) is 1. The van der Waals surface area contributed by atoms with Gasteiger partial charge in [0.05, 0.1) is 5.69 Å². The molecule has 0 bridgehead atoms. The summed E-state index contributed by atoms with van der Waals surface area (Å²) in [7, 11) is -3.29. The van der Waals surface area contributed by atoms with Gasteiger partial charge in [0.25, 0.3) is 0 Å². The third-order valence-electron chi connectivity index (χ3n) is 1.38. The van der Waals surface area contributed by atoms with E-state index in [2.05, 4.69) is 4.98 Å². The molecule has 1 aromatic heterocycles. The fourth-order valence-electron chi connectivity index (χ4n) is 0.841. The number of aryl methyl sites for hydroxylation is 1. The maximum atomic E-state index is 11.1. The summed E-state index contributed by atoms with van der Waals surface area (Å²) in [6.07, 6.45) is 1.09. The predicted molar refractivity (Wildman–Crippen MR) is 46.5 cm³/mol. The molecule has 0 aliphatic carbocycles. The molecule has 0 aromatic carbocycles. The van der Waals surface area contributed by atoms with E-state index in [-0.39, 0.29) is 10.7 Å². The number of anilines is 1. The van der Waals surface area contributed by atoms with Crippen molar-refractivity contribution in [2.75, 3.05) is 12.0 Å². The van der Waals surface area contributed by atoms with Crippen LogP contribution in [0.25, 0.3) is 0 Å². The number of aromatic nitrogens is 1. The van der Waals surface area contributed by atoms with Gasteiger partial charge in [0.1, 0.15) is 0 Å². The topological polar surface area (TPSA) is 73.1 Å². The largest absolute Gasteiger partial charge is 0.396 e. The van der Waals surface area contributed by atoms with Gasteiger partial charge in [0.15, 0.2) is 14.9 Å². The number of hydrogen-bond acceptors (Lipinski definition) is 4. The van der Waals surface area contributed by atoms with E-state index in [1.165, 1.54) is 0 Å². The lowest BCUT2D eigenvalue weighted by atomic mass is 10.3. The zero-order valence-electron chi connectivity index (χ0n) is 6.90. The summed E-state index contributed by atoms with van der Waals surface area (Å²) in [5, 5.41) is -0.0394. The molecule has 0 unspecified atom stereocenters. The van der Waals surface area contributed by atoms with Gasteiger partial charge < -0.3 is 5.73 Å². The highest BCUT2D eigenvalue weighted by atomic mass is 32.2. The first-order valence-corrected chi connectivity index (χ1v) is 5.23. The van der Waals surface area contributed by atoms with Crippen LogP contribution in [0.1, 0.15) is 5.69 Å². The standard InChI is InChI=1S/C7H10N2O2S/c1-5-3-4-6(8)7(9-5)12(2,10)11/h3-4H,8H2,1-2H3. The Kier molecular flexibility index (Phi) is 2.06. The number of nitrogens with two attached hydrogens (primary N) is 1. The van der Waals surface area contributed by atoms with Gasteiger partial charge in [-0.3, -0.25) is 0 Å². The second kappa shape index (κ2) is 2.75. The van der Waals surface area contributed by atoms with Crippen molar-refractivity contribution < 1.29 is 8.42 Å². The van der Waals surface area contributed by atoms with Crippen LogP contribution in [0.15, 0.2) is 17.2 Å². The molecule has 66 valence electrons. The Morgan fingerprint density at radius 1 is 1.42 bits per heavy atom. The maximum Gasteiger partial charge on any atom is 0.194 e. The SMILES string of the molecule is Cc1ccc(N)c(S(C)(=O)=O)n1. The van der Waals surface area contributed by atoms with Gasteiger partial charge in [-0.15, -0.1) is 0 Å². The van der Waals surface area contributed by atoms with Crippen molar-refractivity contribution >= 4 is 15.5 Å². The normalized spacial score (nSPS) is 11.5. The van der Waals surface area contributed by atoms with Crippen molar-refractivity contribution in [3.05, 3.63) is 17.8 Å². The highest BCUT2D eigenvalue weighted by molar-refractivity contribution is 7.90. The number of sulfone groups is 1. The Morgan fingerprint density at radius 2 is 2.00 bits per heavy atom. The average molecular weight is 186 g/mol. The molecule has 1 aromatic rings. The second-order valence-electron chi connectivity index (χ2n) is 2.62. The Hall–Kier alpha value is -1.10. The Bertz CT molecular complexity index is 398. The summed E-state index contributed by atoms with van der Waals surface area (Å²) in [6, 6.07) is 3.21. The monoisotopic (exact) mass is 186 g/mol. The molecule has 0 saturated carbocycles. The molecule has 2 N–H and O–H groups in total. The van der Waals surface area contributed by atoms with E-state index in [9.17, 15) is 8.42 Å². The van der Waals surface area contributed by atoms with Crippen LogP contribution >= 0.6 is 0 Å². The van der Waals surface area contributed by atoms with Gasteiger partial charge in [-0.2, -0.15) is 0 Å². The number of nitrogen functional groups attached to an aromatic ring is 1. The number of rotatable bonds is 1. The lowest BCUT2D eigenvalue weighted by Gasteiger charge is -2.02. The van der Waals surface area contributed by atoms with E-state index >= 15 is 0 Å². The first kappa shape index (κ1) is 8.99. The third-order valence-corrected chi connectivity index (χ3v) is 2.41. The lowest BCUT2D eigenvalue weighted by molar-refractivity contribution is 0.598. The van der Waals surface area contributed by atoms with Crippen LogP contribution in [0.2, 0.25) is 0 Å². The molecule has 0 fully saturated rings. The molecular formula is C7H10N2O2S. The van der Waals surface area contributed by atoms with Gasteiger partial charge in [-0.25, -0.2) is 13.4 Å². The molecule has 5 heteroatoms. The molecular weight excluding hydrogens is 176 g/mol. The van der Waals surface area contributed by atoms with E-state index < -0.39 is 9.84 Å². The summed E-state index contributed by atoms with van der Waals surface area (Å²) < 4.78 is 22.1. The minimum absolute atomic E-state index is 0.0394. The molecule has 0 atom stereocenters. The molecule has 0 saturated heterocycles. The van der Waals surface area contributed by atoms with Crippen LogP contribution in [0.3, 0.4) is 0 Å². The second-order valence-corrected chi connectivity index (χ2v) is 4.55. The quantitative estimate of drug-likeness (QED) is 0.688. The van der Waals surface area contributed by atoms with Crippen LogP contribution in [0.4, 0.5) is 5.69 Å². The Labute approximate surface area is 71.3 Å². The highest BCUT2D eigenvalue weighted by Gasteiger charge is 2.12. The number of nitrogens with zero attached hydrogens (tertiary/aromatic N) is 1. The van der Waals surface area contributed by atoms with Crippen LogP contribution in [-0.4, -0.2) is 19.7 Å². The van der Waals surface area contributed by atoms with Crippen molar-refractivity contribution in [2.24, 2.45) is 0 Å². The minimum atomic E-state index is -3.29. The zero-order valence-corrected chi connectivity index (χ0v) is 7.72. The van der Waals surface area contributed by atoms with Crippen molar-refractivity contribution in [2.45, 2.75) is 11.9 Å². The molecule has 0 radical (unpaired) electrons. The van der Waals surface area contributed by atoms with Crippen molar-refractivity contribution in [3.63, 3.8) is 0 Å². The fourth-order valence-corrected chi connectivity index (χ4v) is 1.65. The highest BCUT2D eigenvalue weighted by Crippen LogP contribution is 2.14. The first-order chi connectivity index (χ1) is 5.41. The molecule has 4 nitrogen and oxygen atoms in total. The minimum Gasteiger partial charge on any atom is -0.396 e. The third kappa shape index (κ3) is 1.73. The molecule has 1 heterocycles. The molecule has 0 spiro atoms. The average Bonchev–Trinajstić information content (AvgIpc) is 1.92. The summed E-state index contributed by atoms with van der Waals surface area (Å²) in [6.45, 7) is 1.72. The molecule has 12 heavy (non-hydrogen) atoms. The molecule has 0 aliphatic rings. The maximum absolute atomic E-state index is 11.1. The lowest BCUT2D eigenvalue weighted by Crippen LogP contribution is -2.05. The van der Waals surface area contributed by atoms with Crippen molar-refractivity contribution in [3.8, 4) is 0 Å². The smallest absolute Gasteiger partial charge is 0.194 e. The Balaban J connectivity index is 3.43. The van der Waals surface area contributed by atoms with Gasteiger partial charge in [-0.05, 0) is 19.1 Å². The van der Waals surface area contributed by atoms with Gasteiger partial charge in [0.2, 0.25) is 0 Å². The molecule has 1 rings (SSSR count). The molecule has 0 aliphatic heterocycles. The van der Waals surface area contributed by atoms with Gasteiger partial charge >= 0.3 is 0 Å². The summed E-state index contributed by atoms with van der Waals surface area (Å²) in [4.78, 5) is 3.83. The summed E-state index contributed by atoms with van der Waals surface area (Å²) in [5.41, 5.74) is 6.27. The summed E-state index contributed by atoms with van der Waals surface area (Å²) >= 11 is 0. The van der Waals surface area contributed by atoms with Crippen LogP contribution in [0, 0.1) is 6.92 Å². The summed E-state index contributed by atoms with van der Waals surface area (Å²) in [5.74, 6) is 0. The molecule has 0 amide bonds. The van der Waals surface area contributed by atoms with E-state index in [0.29, 0.717) is 5.69 Å². The fraction of sp³-hybridized carbons (Fsp3) is 0.286. The Morgan fingerprint density at radius 3 is 2.42 bits per heavy atom. The predicted octanol–water partition coefficient (Wildman–Crippen LogP) is 0.376. The first-order valence-electron chi connectivity index (χ1n) is 3.34. The van der Waals surface area contributed by atoms with Crippen LogP contribution < -0.4 is 5.73 Å². The van der Waals surface area contributed by atoms with E-state index in [4.69, 9.17) is 5.73 Å². The van der Waals surface area contributed by atoms with Gasteiger partial charge in [0, 0.05) is 11.9 Å². The van der Waals surface area contributed by atoms with E-state index in [0.717, 1.165) is 6.26 Å². The number of pyridine rings is 1. The van der Waals surface area contributed by atoms with E-state index in [1.807, 2.05) is 0 Å². The van der Waals surface area contributed by atoms with Crippen molar-refractivity contribution in [1.29, 1.82) is 0 Å². The van der Waals surface area contributed by atoms with Crippen LogP contribution in [-0.2, 0) is 9.84 Å².